The molecular formula is C14H10N2O6. The average molecular weight is 302 g/mol. The standard InChI is InChI=1S/C14H10N2O6/c1-9-2-5-11(6-3-9)22-14(17)12-7-4-10(15(18)19)8-13(12)16(20)21/h2-8H,1H3. The summed E-state index contributed by atoms with van der Waals surface area (Å²) in [6, 6.07) is 9.27. The minimum atomic E-state index is -0.953. The van der Waals surface area contributed by atoms with Gasteiger partial charge in [0.2, 0.25) is 0 Å². The van der Waals surface area contributed by atoms with E-state index >= 15 is 0 Å². The Morgan fingerprint density at radius 3 is 2.18 bits per heavy atom. The molecule has 8 heteroatoms. The Labute approximate surface area is 124 Å². The average Bonchev–Trinajstić information content (AvgIpc) is 2.48. The number of non-ortho nitro benzene ring substituents is 1. The Hall–Kier alpha value is -3.29. The lowest BCUT2D eigenvalue weighted by molar-refractivity contribution is -0.394. The van der Waals surface area contributed by atoms with Crippen LogP contribution in [0.1, 0.15) is 15.9 Å². The third-order valence-electron chi connectivity index (χ3n) is 2.84. The highest BCUT2D eigenvalue weighted by Gasteiger charge is 2.25. The predicted octanol–water partition coefficient (Wildman–Crippen LogP) is 3.03. The number of benzene rings is 2. The van der Waals surface area contributed by atoms with E-state index in [1.807, 2.05) is 6.92 Å². The van der Waals surface area contributed by atoms with Gasteiger partial charge in [0, 0.05) is 6.07 Å². The largest absolute Gasteiger partial charge is 0.423 e. The van der Waals surface area contributed by atoms with Crippen LogP contribution in [-0.2, 0) is 0 Å². The zero-order valence-electron chi connectivity index (χ0n) is 11.4. The summed E-state index contributed by atoms with van der Waals surface area (Å²) in [5, 5.41) is 21.6. The number of nitro groups is 2. The van der Waals surface area contributed by atoms with E-state index in [1.165, 1.54) is 0 Å². The zero-order chi connectivity index (χ0) is 16.3. The lowest BCUT2D eigenvalue weighted by Crippen LogP contribution is -2.11. The number of aryl methyl sites for hydroxylation is 1. The topological polar surface area (TPSA) is 113 Å². The molecule has 0 aliphatic carbocycles. The fourth-order valence-corrected chi connectivity index (χ4v) is 1.73. The van der Waals surface area contributed by atoms with Crippen molar-refractivity contribution in [1.29, 1.82) is 0 Å². The third-order valence-corrected chi connectivity index (χ3v) is 2.84. The Kier molecular flexibility index (Phi) is 4.12. The third kappa shape index (κ3) is 3.23. The summed E-state index contributed by atoms with van der Waals surface area (Å²) >= 11 is 0. The number of rotatable bonds is 4. The predicted molar refractivity (Wildman–Crippen MR) is 75.9 cm³/mol. The summed E-state index contributed by atoms with van der Waals surface area (Å²) in [6.07, 6.45) is 0. The number of ether oxygens (including phenoxy) is 1. The number of carbonyl (C=O) groups excluding carboxylic acids is 1. The van der Waals surface area contributed by atoms with Gasteiger partial charge in [0.05, 0.1) is 15.9 Å². The van der Waals surface area contributed by atoms with Crippen LogP contribution in [-0.4, -0.2) is 15.8 Å². The zero-order valence-corrected chi connectivity index (χ0v) is 11.4. The number of nitro benzene ring substituents is 2. The van der Waals surface area contributed by atoms with Crippen molar-refractivity contribution in [2.45, 2.75) is 6.92 Å². The normalized spacial score (nSPS) is 10.0. The minimum Gasteiger partial charge on any atom is -0.423 e. The van der Waals surface area contributed by atoms with E-state index in [2.05, 4.69) is 0 Å². The molecule has 2 aromatic rings. The first-order valence-electron chi connectivity index (χ1n) is 6.10. The van der Waals surface area contributed by atoms with Gasteiger partial charge in [-0.05, 0) is 25.1 Å². The molecule has 0 saturated carbocycles. The summed E-state index contributed by atoms with van der Waals surface area (Å²) in [6.45, 7) is 1.85. The van der Waals surface area contributed by atoms with Crippen molar-refractivity contribution >= 4 is 17.3 Å². The van der Waals surface area contributed by atoms with Crippen LogP contribution in [0, 0.1) is 27.2 Å². The highest BCUT2D eigenvalue weighted by atomic mass is 16.6. The smallest absolute Gasteiger partial charge is 0.350 e. The van der Waals surface area contributed by atoms with Gasteiger partial charge in [-0.1, -0.05) is 17.7 Å². The number of nitrogens with zero attached hydrogens (tertiary/aromatic N) is 2. The molecular weight excluding hydrogens is 292 g/mol. The quantitative estimate of drug-likeness (QED) is 0.371. The Balaban J connectivity index is 2.34. The van der Waals surface area contributed by atoms with Crippen molar-refractivity contribution in [2.24, 2.45) is 0 Å². The van der Waals surface area contributed by atoms with Crippen molar-refractivity contribution in [1.82, 2.24) is 0 Å². The number of carbonyl (C=O) groups is 1. The van der Waals surface area contributed by atoms with Crippen LogP contribution in [0.2, 0.25) is 0 Å². The maximum Gasteiger partial charge on any atom is 0.350 e. The van der Waals surface area contributed by atoms with E-state index in [0.717, 1.165) is 23.8 Å². The summed E-state index contributed by atoms with van der Waals surface area (Å²) in [4.78, 5) is 32.0. The molecule has 0 aliphatic heterocycles. The van der Waals surface area contributed by atoms with Crippen molar-refractivity contribution in [3.05, 3.63) is 73.8 Å². The van der Waals surface area contributed by atoms with Gasteiger partial charge in [-0.3, -0.25) is 20.2 Å². The molecule has 2 aromatic carbocycles. The first-order chi connectivity index (χ1) is 10.4. The lowest BCUT2D eigenvalue weighted by atomic mass is 10.1. The van der Waals surface area contributed by atoms with Crippen LogP contribution in [0.3, 0.4) is 0 Å². The van der Waals surface area contributed by atoms with Gasteiger partial charge < -0.3 is 4.74 Å². The van der Waals surface area contributed by atoms with Crippen LogP contribution >= 0.6 is 0 Å². The van der Waals surface area contributed by atoms with E-state index in [4.69, 9.17) is 4.74 Å². The van der Waals surface area contributed by atoms with E-state index in [9.17, 15) is 25.0 Å². The van der Waals surface area contributed by atoms with Gasteiger partial charge >= 0.3 is 5.97 Å². The van der Waals surface area contributed by atoms with Crippen molar-refractivity contribution in [3.63, 3.8) is 0 Å². The number of hydrogen-bond donors (Lipinski definition) is 0. The van der Waals surface area contributed by atoms with E-state index in [-0.39, 0.29) is 11.3 Å². The van der Waals surface area contributed by atoms with Gasteiger partial charge in [0.1, 0.15) is 11.3 Å². The molecule has 8 nitrogen and oxygen atoms in total. The van der Waals surface area contributed by atoms with Crippen molar-refractivity contribution in [2.75, 3.05) is 0 Å². The van der Waals surface area contributed by atoms with E-state index < -0.39 is 27.2 Å². The van der Waals surface area contributed by atoms with Gasteiger partial charge in [-0.2, -0.15) is 0 Å². The number of hydrogen-bond acceptors (Lipinski definition) is 6. The van der Waals surface area contributed by atoms with Crippen LogP contribution in [0.25, 0.3) is 0 Å². The van der Waals surface area contributed by atoms with Gasteiger partial charge in [0.25, 0.3) is 11.4 Å². The molecule has 112 valence electrons. The molecule has 22 heavy (non-hydrogen) atoms. The molecule has 0 aromatic heterocycles. The van der Waals surface area contributed by atoms with Crippen LogP contribution in [0.4, 0.5) is 11.4 Å². The number of esters is 1. The monoisotopic (exact) mass is 302 g/mol. The Morgan fingerprint density at radius 2 is 1.64 bits per heavy atom. The first kappa shape index (κ1) is 15.1. The summed E-state index contributed by atoms with van der Waals surface area (Å²) < 4.78 is 5.03. The molecule has 0 heterocycles. The summed E-state index contributed by atoms with van der Waals surface area (Å²) in [7, 11) is 0. The van der Waals surface area contributed by atoms with Gasteiger partial charge in [0.15, 0.2) is 0 Å². The van der Waals surface area contributed by atoms with Gasteiger partial charge in [-0.15, -0.1) is 0 Å². The molecule has 0 radical (unpaired) electrons. The Bertz CT molecular complexity index is 754. The maximum absolute atomic E-state index is 12.0. The fourth-order valence-electron chi connectivity index (χ4n) is 1.73. The highest BCUT2D eigenvalue weighted by molar-refractivity contribution is 5.95. The van der Waals surface area contributed by atoms with E-state index in [0.29, 0.717) is 0 Å². The molecule has 0 bridgehead atoms. The molecule has 0 atom stereocenters. The van der Waals surface area contributed by atoms with Crippen LogP contribution in [0.15, 0.2) is 42.5 Å². The molecule has 0 amide bonds. The molecule has 0 aliphatic rings. The minimum absolute atomic E-state index is 0.225. The second-order valence-electron chi connectivity index (χ2n) is 4.42. The van der Waals surface area contributed by atoms with Crippen LogP contribution < -0.4 is 4.74 Å². The molecule has 0 unspecified atom stereocenters. The maximum atomic E-state index is 12.0. The SMILES string of the molecule is Cc1ccc(OC(=O)c2ccc([N+](=O)[O-])cc2[N+](=O)[O-])cc1. The second-order valence-corrected chi connectivity index (χ2v) is 4.42. The summed E-state index contributed by atoms with van der Waals surface area (Å²) in [5.41, 5.74) is -0.540. The summed E-state index contributed by atoms with van der Waals surface area (Å²) in [5.74, 6) is -0.728. The fraction of sp³-hybridized carbons (Fsp3) is 0.0714. The van der Waals surface area contributed by atoms with Gasteiger partial charge in [-0.25, -0.2) is 4.79 Å². The first-order valence-corrected chi connectivity index (χ1v) is 6.10. The molecule has 2 rings (SSSR count). The van der Waals surface area contributed by atoms with Crippen LogP contribution in [0.5, 0.6) is 5.75 Å². The second kappa shape index (κ2) is 6.00. The molecule has 0 spiro atoms. The molecule has 0 saturated heterocycles. The Morgan fingerprint density at radius 1 is 1.00 bits per heavy atom. The highest BCUT2D eigenvalue weighted by Crippen LogP contribution is 2.26. The molecule has 0 N–H and O–H groups in total. The molecule has 0 fully saturated rings. The van der Waals surface area contributed by atoms with E-state index in [1.54, 1.807) is 24.3 Å². The lowest BCUT2D eigenvalue weighted by Gasteiger charge is -2.05. The van der Waals surface area contributed by atoms with Crippen molar-refractivity contribution in [3.8, 4) is 5.75 Å². The van der Waals surface area contributed by atoms with Crippen molar-refractivity contribution < 1.29 is 19.4 Å².